The molecule has 0 spiro atoms. The van der Waals surface area contributed by atoms with Gasteiger partial charge in [-0.05, 0) is 37.0 Å². The Hall–Kier alpha value is -2.86. The summed E-state index contributed by atoms with van der Waals surface area (Å²) in [6, 6.07) is 12.6. The van der Waals surface area contributed by atoms with Gasteiger partial charge in [0.05, 0.1) is 17.3 Å². The van der Waals surface area contributed by atoms with Gasteiger partial charge in [0.1, 0.15) is 11.0 Å². The second-order valence-electron chi connectivity index (χ2n) is 8.03. The fraction of sp³-hybridized carbons (Fsp3) is 0.333. The van der Waals surface area contributed by atoms with Gasteiger partial charge in [-0.25, -0.2) is 4.79 Å². The van der Waals surface area contributed by atoms with Gasteiger partial charge in [0.25, 0.3) is 0 Å². The first-order valence-corrected chi connectivity index (χ1v) is 11.1. The monoisotopic (exact) mass is 420 g/mol. The van der Waals surface area contributed by atoms with Crippen molar-refractivity contribution in [2.45, 2.75) is 45.4 Å². The van der Waals surface area contributed by atoms with Crippen LogP contribution in [0.5, 0.6) is 0 Å². The number of carbonyl (C=O) groups is 2. The molecule has 0 unspecified atom stereocenters. The molecule has 1 fully saturated rings. The maximum Gasteiger partial charge on any atom is 0.336 e. The van der Waals surface area contributed by atoms with E-state index in [9.17, 15) is 14.7 Å². The molecular formula is C24H24N2O3S. The number of benzene rings is 2. The fourth-order valence-corrected chi connectivity index (χ4v) is 4.75. The number of rotatable bonds is 6. The number of Topliss-reactive ketones (excluding diaryl/α,β-unsaturated/α-hetero) is 1. The molecule has 154 valence electrons. The molecule has 1 N–H and O–H groups in total. The molecule has 1 heterocycles. The van der Waals surface area contributed by atoms with Crippen LogP contribution >= 0.6 is 11.7 Å². The number of hydrogen-bond acceptors (Lipinski definition) is 5. The minimum Gasteiger partial charge on any atom is -0.478 e. The van der Waals surface area contributed by atoms with Crippen molar-refractivity contribution in [1.29, 1.82) is 0 Å². The van der Waals surface area contributed by atoms with Crippen LogP contribution in [0.4, 0.5) is 0 Å². The maximum atomic E-state index is 13.5. The summed E-state index contributed by atoms with van der Waals surface area (Å²) in [5.74, 6) is -0.944. The van der Waals surface area contributed by atoms with Crippen molar-refractivity contribution in [2.24, 2.45) is 5.92 Å². The van der Waals surface area contributed by atoms with Gasteiger partial charge >= 0.3 is 5.97 Å². The molecular weight excluding hydrogens is 396 g/mol. The van der Waals surface area contributed by atoms with Crippen LogP contribution in [-0.2, 0) is 4.79 Å². The molecule has 3 aromatic rings. The minimum atomic E-state index is -1.08. The predicted octanol–water partition coefficient (Wildman–Crippen LogP) is 5.69. The largest absolute Gasteiger partial charge is 0.478 e. The topological polar surface area (TPSA) is 80.2 Å². The fourth-order valence-electron chi connectivity index (χ4n) is 4.23. The summed E-state index contributed by atoms with van der Waals surface area (Å²) in [7, 11) is 0. The summed E-state index contributed by atoms with van der Waals surface area (Å²) in [4.78, 5) is 25.9. The van der Waals surface area contributed by atoms with Gasteiger partial charge in [0.2, 0.25) is 0 Å². The van der Waals surface area contributed by atoms with Crippen LogP contribution in [0.1, 0.15) is 60.0 Å². The summed E-state index contributed by atoms with van der Waals surface area (Å²) >= 11 is 1.09. The van der Waals surface area contributed by atoms with E-state index in [-0.39, 0.29) is 11.4 Å². The van der Waals surface area contributed by atoms with Crippen molar-refractivity contribution in [1.82, 2.24) is 8.75 Å². The Morgan fingerprint density at radius 2 is 1.63 bits per heavy atom. The number of aryl methyl sites for hydroxylation is 1. The molecule has 1 aromatic heterocycles. The van der Waals surface area contributed by atoms with Gasteiger partial charge in [-0.2, -0.15) is 8.75 Å². The van der Waals surface area contributed by atoms with Crippen LogP contribution in [0.15, 0.2) is 48.0 Å². The standard InChI is InChI=1S/C24H24N2O3S/c1-15-7-9-17(10-8-15)23(27)19(13-16-5-3-2-4-6-16)22(24(28)29)18-11-12-20-21(14-18)26-30-25-20/h7-12,14,16H,2-6,13H2,1H3,(H,28,29). The molecule has 0 bridgehead atoms. The number of aromatic nitrogens is 2. The lowest BCUT2D eigenvalue weighted by Crippen LogP contribution is -2.16. The lowest BCUT2D eigenvalue weighted by molar-refractivity contribution is -0.130. The maximum absolute atomic E-state index is 13.5. The van der Waals surface area contributed by atoms with Crippen LogP contribution in [0.3, 0.4) is 0 Å². The average molecular weight is 421 g/mol. The Labute approximate surface area is 179 Å². The first-order valence-electron chi connectivity index (χ1n) is 10.3. The van der Waals surface area contributed by atoms with E-state index in [0.29, 0.717) is 34.6 Å². The minimum absolute atomic E-state index is 0.0843. The van der Waals surface area contributed by atoms with Crippen molar-refractivity contribution in [3.8, 4) is 0 Å². The molecule has 0 radical (unpaired) electrons. The van der Waals surface area contributed by atoms with E-state index < -0.39 is 5.97 Å². The van der Waals surface area contributed by atoms with E-state index in [2.05, 4.69) is 8.75 Å². The van der Waals surface area contributed by atoms with E-state index in [0.717, 1.165) is 48.5 Å². The Morgan fingerprint density at radius 3 is 2.33 bits per heavy atom. The SMILES string of the molecule is Cc1ccc(C(=O)C(CC2CCCCC2)=C(C(=O)O)c2ccc3nsnc3c2)cc1. The summed E-state index contributed by atoms with van der Waals surface area (Å²) < 4.78 is 8.43. The third-order valence-corrected chi connectivity index (χ3v) is 6.42. The van der Waals surface area contributed by atoms with Gasteiger partial charge in [0.15, 0.2) is 5.78 Å². The lowest BCUT2D eigenvalue weighted by Gasteiger charge is -2.23. The van der Waals surface area contributed by atoms with Crippen molar-refractivity contribution >= 4 is 40.1 Å². The number of fused-ring (bicyclic) bond motifs is 1. The number of carbonyl (C=O) groups excluding carboxylic acids is 1. The molecule has 30 heavy (non-hydrogen) atoms. The van der Waals surface area contributed by atoms with E-state index in [1.807, 2.05) is 19.1 Å². The summed E-state index contributed by atoms with van der Waals surface area (Å²) in [5, 5.41) is 10.1. The predicted molar refractivity (Wildman–Crippen MR) is 119 cm³/mol. The van der Waals surface area contributed by atoms with Gasteiger partial charge in [0, 0.05) is 11.1 Å². The quantitative estimate of drug-likeness (QED) is 0.409. The zero-order valence-electron chi connectivity index (χ0n) is 16.9. The highest BCUT2D eigenvalue weighted by molar-refractivity contribution is 7.00. The Bertz CT molecular complexity index is 1110. The number of ketones is 1. The molecule has 1 aliphatic carbocycles. The Morgan fingerprint density at radius 1 is 0.967 bits per heavy atom. The normalized spacial score (nSPS) is 15.8. The van der Waals surface area contributed by atoms with Crippen molar-refractivity contribution in [3.63, 3.8) is 0 Å². The van der Waals surface area contributed by atoms with Crippen molar-refractivity contribution < 1.29 is 14.7 Å². The smallest absolute Gasteiger partial charge is 0.336 e. The van der Waals surface area contributed by atoms with Gasteiger partial charge in [-0.15, -0.1) is 0 Å². The highest BCUT2D eigenvalue weighted by Gasteiger charge is 2.27. The Balaban J connectivity index is 1.84. The summed E-state index contributed by atoms with van der Waals surface area (Å²) in [6.45, 7) is 1.97. The van der Waals surface area contributed by atoms with Crippen LogP contribution in [-0.4, -0.2) is 25.6 Å². The van der Waals surface area contributed by atoms with Crippen molar-refractivity contribution in [3.05, 3.63) is 64.7 Å². The molecule has 6 heteroatoms. The number of allylic oxidation sites excluding steroid dienone is 1. The molecule has 0 amide bonds. The van der Waals surface area contributed by atoms with Crippen LogP contribution in [0, 0.1) is 12.8 Å². The van der Waals surface area contributed by atoms with Crippen LogP contribution < -0.4 is 0 Å². The number of aliphatic carboxylic acids is 1. The number of carboxylic acids is 1. The van der Waals surface area contributed by atoms with E-state index in [4.69, 9.17) is 0 Å². The molecule has 2 aromatic carbocycles. The molecule has 1 saturated carbocycles. The van der Waals surface area contributed by atoms with E-state index in [1.165, 1.54) is 6.42 Å². The van der Waals surface area contributed by atoms with Gasteiger partial charge in [-0.3, -0.25) is 4.79 Å². The van der Waals surface area contributed by atoms with E-state index >= 15 is 0 Å². The highest BCUT2D eigenvalue weighted by Crippen LogP contribution is 2.34. The van der Waals surface area contributed by atoms with Gasteiger partial charge in [-0.1, -0.05) is 68.0 Å². The molecule has 4 rings (SSSR count). The zero-order valence-corrected chi connectivity index (χ0v) is 17.7. The van der Waals surface area contributed by atoms with Crippen molar-refractivity contribution in [2.75, 3.05) is 0 Å². The number of carboxylic acid groups (broad SMARTS) is 1. The first kappa shape index (κ1) is 20.4. The average Bonchev–Trinajstić information content (AvgIpc) is 3.22. The summed E-state index contributed by atoms with van der Waals surface area (Å²) in [6.07, 6.45) is 6.03. The molecule has 0 aliphatic heterocycles. The zero-order chi connectivity index (χ0) is 21.1. The Kier molecular flexibility index (Phi) is 6.04. The van der Waals surface area contributed by atoms with Gasteiger partial charge < -0.3 is 5.11 Å². The second-order valence-corrected chi connectivity index (χ2v) is 8.56. The van der Waals surface area contributed by atoms with E-state index in [1.54, 1.807) is 30.3 Å². The number of hydrogen-bond donors (Lipinski definition) is 1. The molecule has 0 atom stereocenters. The summed E-state index contributed by atoms with van der Waals surface area (Å²) in [5.41, 5.74) is 3.95. The molecule has 5 nitrogen and oxygen atoms in total. The number of nitrogens with zero attached hydrogens (tertiary/aromatic N) is 2. The third kappa shape index (κ3) is 4.33. The van der Waals surface area contributed by atoms with Crippen LogP contribution in [0.2, 0.25) is 0 Å². The van der Waals surface area contributed by atoms with Crippen LogP contribution in [0.25, 0.3) is 16.6 Å². The first-order chi connectivity index (χ1) is 14.5. The second kappa shape index (κ2) is 8.88. The lowest BCUT2D eigenvalue weighted by atomic mass is 9.80. The molecule has 1 aliphatic rings. The highest BCUT2D eigenvalue weighted by atomic mass is 32.1. The molecule has 0 saturated heterocycles. The third-order valence-electron chi connectivity index (χ3n) is 5.86.